The first-order chi connectivity index (χ1) is 12.4. The van der Waals surface area contributed by atoms with E-state index in [9.17, 15) is 14.9 Å². The van der Waals surface area contributed by atoms with E-state index < -0.39 is 4.92 Å². The number of aryl methyl sites for hydroxylation is 2. The lowest BCUT2D eigenvalue weighted by Gasteiger charge is -2.37. The van der Waals surface area contributed by atoms with Crippen LogP contribution in [0.3, 0.4) is 0 Å². The fraction of sp³-hybridized carbons (Fsp3) is 0.350. The molecule has 2 aromatic rings. The van der Waals surface area contributed by atoms with Crippen LogP contribution >= 0.6 is 0 Å². The third-order valence-corrected chi connectivity index (χ3v) is 5.14. The van der Waals surface area contributed by atoms with Crippen LogP contribution in [0.4, 0.5) is 11.4 Å². The molecule has 1 fully saturated rings. The second-order valence-electron chi connectivity index (χ2n) is 6.76. The van der Waals surface area contributed by atoms with Gasteiger partial charge in [0.05, 0.1) is 4.92 Å². The van der Waals surface area contributed by atoms with Crippen molar-refractivity contribution in [3.05, 3.63) is 68.8 Å². The number of amides is 1. The van der Waals surface area contributed by atoms with Gasteiger partial charge in [-0.25, -0.2) is 0 Å². The largest absolute Gasteiger partial charge is 0.368 e. The number of carbonyl (C=O) groups excluding carboxylic acids is 1. The Bertz CT molecular complexity index is 855. The predicted molar refractivity (Wildman–Crippen MR) is 102 cm³/mol. The summed E-state index contributed by atoms with van der Waals surface area (Å²) in [4.78, 5) is 27.5. The highest BCUT2D eigenvalue weighted by atomic mass is 16.6. The molecule has 136 valence electrons. The molecule has 1 aliphatic rings. The number of nitrogens with zero attached hydrogens (tertiary/aromatic N) is 3. The molecule has 1 saturated heterocycles. The Morgan fingerprint density at radius 1 is 1.00 bits per heavy atom. The zero-order valence-corrected chi connectivity index (χ0v) is 15.4. The molecular formula is C20H23N3O3. The van der Waals surface area contributed by atoms with Crippen molar-refractivity contribution in [3.8, 4) is 0 Å². The third-order valence-electron chi connectivity index (χ3n) is 5.14. The van der Waals surface area contributed by atoms with Crippen molar-refractivity contribution in [1.82, 2.24) is 4.90 Å². The molecule has 2 aromatic carbocycles. The molecule has 1 aliphatic heterocycles. The Labute approximate surface area is 153 Å². The summed E-state index contributed by atoms with van der Waals surface area (Å²) in [6.07, 6.45) is 0. The molecule has 6 heteroatoms. The molecule has 0 aliphatic carbocycles. The van der Waals surface area contributed by atoms with Crippen LogP contribution in [0.2, 0.25) is 0 Å². The van der Waals surface area contributed by atoms with Crippen molar-refractivity contribution < 1.29 is 9.72 Å². The maximum atomic E-state index is 12.7. The van der Waals surface area contributed by atoms with Gasteiger partial charge in [0.25, 0.3) is 11.6 Å². The van der Waals surface area contributed by atoms with E-state index in [1.807, 2.05) is 0 Å². The number of anilines is 1. The van der Waals surface area contributed by atoms with Crippen LogP contribution in [0.25, 0.3) is 0 Å². The molecule has 1 amide bonds. The highest BCUT2D eigenvalue weighted by Crippen LogP contribution is 2.25. The van der Waals surface area contributed by atoms with Crippen molar-refractivity contribution >= 4 is 17.3 Å². The minimum absolute atomic E-state index is 0.00938. The Morgan fingerprint density at radius 2 is 1.69 bits per heavy atom. The normalized spacial score (nSPS) is 14.4. The summed E-state index contributed by atoms with van der Waals surface area (Å²) < 4.78 is 0. The first-order valence-electron chi connectivity index (χ1n) is 8.74. The molecule has 0 radical (unpaired) electrons. The smallest absolute Gasteiger partial charge is 0.273 e. The molecule has 0 unspecified atom stereocenters. The van der Waals surface area contributed by atoms with Crippen molar-refractivity contribution in [2.24, 2.45) is 0 Å². The van der Waals surface area contributed by atoms with Crippen molar-refractivity contribution in [2.75, 3.05) is 31.1 Å². The average molecular weight is 353 g/mol. The van der Waals surface area contributed by atoms with Gasteiger partial charge in [0.2, 0.25) is 0 Å². The second kappa shape index (κ2) is 7.15. The molecule has 3 rings (SSSR count). The summed E-state index contributed by atoms with van der Waals surface area (Å²) >= 11 is 0. The van der Waals surface area contributed by atoms with Gasteiger partial charge in [-0.05, 0) is 44.0 Å². The van der Waals surface area contributed by atoms with Crippen LogP contribution in [0.15, 0.2) is 36.4 Å². The summed E-state index contributed by atoms with van der Waals surface area (Å²) in [5.41, 5.74) is 4.66. The maximum Gasteiger partial charge on any atom is 0.273 e. The number of hydrogen-bond donors (Lipinski definition) is 0. The van der Waals surface area contributed by atoms with E-state index >= 15 is 0 Å². The lowest BCUT2D eigenvalue weighted by Crippen LogP contribution is -2.49. The lowest BCUT2D eigenvalue weighted by molar-refractivity contribution is -0.385. The molecule has 1 heterocycles. The number of rotatable bonds is 3. The van der Waals surface area contributed by atoms with Gasteiger partial charge < -0.3 is 9.80 Å². The van der Waals surface area contributed by atoms with E-state index in [2.05, 4.69) is 36.9 Å². The number of carbonyl (C=O) groups is 1. The minimum Gasteiger partial charge on any atom is -0.368 e. The third kappa shape index (κ3) is 3.40. The minimum atomic E-state index is -0.440. The quantitative estimate of drug-likeness (QED) is 0.626. The highest BCUT2D eigenvalue weighted by molar-refractivity contribution is 5.95. The molecule has 26 heavy (non-hydrogen) atoms. The van der Waals surface area contributed by atoms with Crippen LogP contribution in [0, 0.1) is 30.9 Å². The summed E-state index contributed by atoms with van der Waals surface area (Å²) in [5.74, 6) is -0.145. The molecule has 0 N–H and O–H groups in total. The first-order valence-corrected chi connectivity index (χ1v) is 8.74. The topological polar surface area (TPSA) is 66.7 Å². The summed E-state index contributed by atoms with van der Waals surface area (Å²) in [5, 5.41) is 11.1. The molecule has 0 spiro atoms. The average Bonchev–Trinajstić information content (AvgIpc) is 2.64. The number of nitro benzene ring substituents is 1. The van der Waals surface area contributed by atoms with Crippen molar-refractivity contribution in [3.63, 3.8) is 0 Å². The molecule has 0 saturated carbocycles. The molecule has 6 nitrogen and oxygen atoms in total. The number of hydrogen-bond acceptors (Lipinski definition) is 4. The van der Waals surface area contributed by atoms with E-state index in [0.29, 0.717) is 24.2 Å². The highest BCUT2D eigenvalue weighted by Gasteiger charge is 2.24. The van der Waals surface area contributed by atoms with Gasteiger partial charge in [0.15, 0.2) is 0 Å². The van der Waals surface area contributed by atoms with E-state index in [1.165, 1.54) is 22.9 Å². The summed E-state index contributed by atoms with van der Waals surface area (Å²) in [7, 11) is 0. The summed E-state index contributed by atoms with van der Waals surface area (Å²) in [6.45, 7) is 8.61. The monoisotopic (exact) mass is 353 g/mol. The van der Waals surface area contributed by atoms with Crippen molar-refractivity contribution in [2.45, 2.75) is 20.8 Å². The SMILES string of the molecule is Cc1ccc(C(=O)N2CCN(c3cccc(C)c3C)CC2)cc1[N+](=O)[O-]. The first kappa shape index (κ1) is 17.9. The molecule has 0 atom stereocenters. The number of nitro groups is 1. The molecule has 0 bridgehead atoms. The number of benzene rings is 2. The second-order valence-corrected chi connectivity index (χ2v) is 6.76. The van der Waals surface area contributed by atoms with Crippen LogP contribution in [0.1, 0.15) is 27.0 Å². The number of piperazine rings is 1. The molecular weight excluding hydrogens is 330 g/mol. The van der Waals surface area contributed by atoms with Gasteiger partial charge in [0.1, 0.15) is 0 Å². The maximum absolute atomic E-state index is 12.7. The zero-order chi connectivity index (χ0) is 18.8. The Balaban J connectivity index is 1.72. The predicted octanol–water partition coefficient (Wildman–Crippen LogP) is 3.48. The van der Waals surface area contributed by atoms with Gasteiger partial charge in [-0.2, -0.15) is 0 Å². The fourth-order valence-corrected chi connectivity index (χ4v) is 3.35. The van der Waals surface area contributed by atoms with Crippen LogP contribution in [0.5, 0.6) is 0 Å². The zero-order valence-electron chi connectivity index (χ0n) is 15.4. The lowest BCUT2D eigenvalue weighted by atomic mass is 10.1. The standard InChI is InChI=1S/C20H23N3O3/c1-14-5-4-6-18(16(14)3)21-9-11-22(12-10-21)20(24)17-8-7-15(2)19(13-17)23(25)26/h4-8,13H,9-12H2,1-3H3. The fourth-order valence-electron chi connectivity index (χ4n) is 3.35. The Kier molecular flexibility index (Phi) is 4.93. The van der Waals surface area contributed by atoms with E-state index in [-0.39, 0.29) is 11.6 Å². The Hall–Kier alpha value is -2.89. The van der Waals surface area contributed by atoms with Crippen LogP contribution in [-0.2, 0) is 0 Å². The van der Waals surface area contributed by atoms with Crippen LogP contribution < -0.4 is 4.90 Å². The van der Waals surface area contributed by atoms with Gasteiger partial charge >= 0.3 is 0 Å². The Morgan fingerprint density at radius 3 is 2.35 bits per heavy atom. The van der Waals surface area contributed by atoms with E-state index in [1.54, 1.807) is 24.0 Å². The van der Waals surface area contributed by atoms with Gasteiger partial charge in [0, 0.05) is 49.1 Å². The summed E-state index contributed by atoms with van der Waals surface area (Å²) in [6, 6.07) is 11.0. The van der Waals surface area contributed by atoms with Crippen molar-refractivity contribution in [1.29, 1.82) is 0 Å². The van der Waals surface area contributed by atoms with E-state index in [4.69, 9.17) is 0 Å². The molecule has 0 aromatic heterocycles. The van der Waals surface area contributed by atoms with Gasteiger partial charge in [-0.1, -0.05) is 18.2 Å². The van der Waals surface area contributed by atoms with E-state index in [0.717, 1.165) is 13.1 Å². The van der Waals surface area contributed by atoms with Gasteiger partial charge in [-0.3, -0.25) is 14.9 Å². The van der Waals surface area contributed by atoms with Crippen LogP contribution in [-0.4, -0.2) is 41.9 Å². The van der Waals surface area contributed by atoms with Gasteiger partial charge in [-0.15, -0.1) is 0 Å².